The van der Waals surface area contributed by atoms with Crippen LogP contribution >= 0.6 is 11.3 Å². The van der Waals surface area contributed by atoms with E-state index in [1.165, 1.54) is 28.5 Å². The fourth-order valence-corrected chi connectivity index (χ4v) is 4.55. The molecule has 0 aliphatic carbocycles. The second-order valence-corrected chi connectivity index (χ2v) is 7.97. The minimum absolute atomic E-state index is 0.172. The zero-order valence-electron chi connectivity index (χ0n) is 15.6. The Morgan fingerprint density at radius 2 is 1.93 bits per heavy atom. The lowest BCUT2D eigenvalue weighted by Gasteiger charge is -2.25. The molecule has 0 radical (unpaired) electrons. The monoisotopic (exact) mass is 409 g/mol. The molecule has 1 saturated heterocycles. The summed E-state index contributed by atoms with van der Waals surface area (Å²) in [5.41, 5.74) is 1.33. The van der Waals surface area contributed by atoms with Crippen LogP contribution in [0.3, 0.4) is 0 Å². The Morgan fingerprint density at radius 1 is 1.14 bits per heavy atom. The summed E-state index contributed by atoms with van der Waals surface area (Å²) in [6, 6.07) is 9.11. The number of nitrogens with zero attached hydrogens (tertiary/aromatic N) is 6. The van der Waals surface area contributed by atoms with Gasteiger partial charge in [-0.3, -0.25) is 4.79 Å². The molecule has 1 fully saturated rings. The number of carbonyl (C=O) groups is 1. The van der Waals surface area contributed by atoms with Crippen LogP contribution in [0, 0.1) is 0 Å². The minimum Gasteiger partial charge on any atom is -0.348 e. The smallest absolute Gasteiger partial charge is 0.348 e. The first-order valence-electron chi connectivity index (χ1n) is 9.53. The average Bonchev–Trinajstić information content (AvgIpc) is 3.31. The highest BCUT2D eigenvalue weighted by atomic mass is 32.1. The van der Waals surface area contributed by atoms with Crippen LogP contribution in [0.4, 0.5) is 10.8 Å². The summed E-state index contributed by atoms with van der Waals surface area (Å²) in [7, 11) is 0. The van der Waals surface area contributed by atoms with Gasteiger partial charge in [-0.15, -0.1) is 5.10 Å². The van der Waals surface area contributed by atoms with Crippen LogP contribution in [0.5, 0.6) is 0 Å². The third-order valence-corrected chi connectivity index (χ3v) is 6.05. The van der Waals surface area contributed by atoms with Gasteiger partial charge >= 0.3 is 5.69 Å². The summed E-state index contributed by atoms with van der Waals surface area (Å²) in [5.74, 6) is -0.316. The lowest BCUT2D eigenvalue weighted by Crippen LogP contribution is -2.29. The maximum Gasteiger partial charge on any atom is 0.352 e. The molecular formula is C19H19N7O2S. The SMILES string of the molecule is O=C(Cn1nc2c3sc(N4CCCCC4)nc3ncn2c1=O)Nc1ccccc1. The average molecular weight is 409 g/mol. The summed E-state index contributed by atoms with van der Waals surface area (Å²) in [4.78, 5) is 36.2. The number of benzene rings is 1. The number of carbonyl (C=O) groups excluding carboxylic acids is 1. The van der Waals surface area contributed by atoms with Gasteiger partial charge in [0.25, 0.3) is 0 Å². The van der Waals surface area contributed by atoms with Gasteiger partial charge in [-0.05, 0) is 31.4 Å². The molecule has 1 aromatic carbocycles. The van der Waals surface area contributed by atoms with Crippen molar-refractivity contribution < 1.29 is 4.79 Å². The van der Waals surface area contributed by atoms with E-state index in [4.69, 9.17) is 0 Å². The third kappa shape index (κ3) is 3.35. The summed E-state index contributed by atoms with van der Waals surface area (Å²) in [6.45, 7) is 1.79. The summed E-state index contributed by atoms with van der Waals surface area (Å²) < 4.78 is 3.29. The Bertz CT molecular complexity index is 1240. The van der Waals surface area contributed by atoms with Crippen LogP contribution in [0.25, 0.3) is 16.0 Å². The van der Waals surface area contributed by atoms with E-state index < -0.39 is 5.69 Å². The lowest BCUT2D eigenvalue weighted by molar-refractivity contribution is -0.117. The third-order valence-electron chi connectivity index (χ3n) is 4.94. The number of hydrogen-bond acceptors (Lipinski definition) is 7. The van der Waals surface area contributed by atoms with Crippen molar-refractivity contribution in [1.82, 2.24) is 24.1 Å². The fourth-order valence-electron chi connectivity index (χ4n) is 3.51. The van der Waals surface area contributed by atoms with E-state index in [1.807, 2.05) is 18.2 Å². The van der Waals surface area contributed by atoms with E-state index >= 15 is 0 Å². The second-order valence-electron chi connectivity index (χ2n) is 6.99. The molecule has 148 valence electrons. The summed E-state index contributed by atoms with van der Waals surface area (Å²) >= 11 is 1.49. The van der Waals surface area contributed by atoms with Gasteiger partial charge in [0.1, 0.15) is 17.6 Å². The molecule has 0 atom stereocenters. The van der Waals surface area contributed by atoms with Gasteiger partial charge in [-0.2, -0.15) is 4.98 Å². The van der Waals surface area contributed by atoms with Gasteiger partial charge in [-0.1, -0.05) is 29.5 Å². The molecule has 1 amide bonds. The van der Waals surface area contributed by atoms with Gasteiger partial charge in [0.15, 0.2) is 16.4 Å². The van der Waals surface area contributed by atoms with Crippen molar-refractivity contribution in [2.24, 2.45) is 0 Å². The topological polar surface area (TPSA) is 97.4 Å². The van der Waals surface area contributed by atoms with Crippen molar-refractivity contribution in [3.05, 3.63) is 47.1 Å². The number of thiazole rings is 1. The van der Waals surface area contributed by atoms with Crippen molar-refractivity contribution in [2.75, 3.05) is 23.3 Å². The van der Waals surface area contributed by atoms with Crippen molar-refractivity contribution in [1.29, 1.82) is 0 Å². The highest BCUT2D eigenvalue weighted by Crippen LogP contribution is 2.31. The van der Waals surface area contributed by atoms with E-state index in [1.54, 1.807) is 12.1 Å². The molecule has 1 aliphatic rings. The van der Waals surface area contributed by atoms with Gasteiger partial charge < -0.3 is 10.2 Å². The van der Waals surface area contributed by atoms with E-state index in [9.17, 15) is 9.59 Å². The molecule has 29 heavy (non-hydrogen) atoms. The van der Waals surface area contributed by atoms with Crippen LogP contribution in [0.1, 0.15) is 19.3 Å². The Labute approximate surface area is 169 Å². The molecule has 0 spiro atoms. The van der Waals surface area contributed by atoms with E-state index in [2.05, 4.69) is 25.3 Å². The van der Waals surface area contributed by atoms with Crippen molar-refractivity contribution in [3.63, 3.8) is 0 Å². The van der Waals surface area contributed by atoms with Crippen molar-refractivity contribution in [2.45, 2.75) is 25.8 Å². The number of fused-ring (bicyclic) bond motifs is 3. The van der Waals surface area contributed by atoms with E-state index in [-0.39, 0.29) is 12.5 Å². The van der Waals surface area contributed by atoms with Gasteiger partial charge in [0, 0.05) is 18.8 Å². The van der Waals surface area contributed by atoms with Crippen LogP contribution < -0.4 is 15.9 Å². The first-order valence-corrected chi connectivity index (χ1v) is 10.4. The zero-order valence-corrected chi connectivity index (χ0v) is 16.4. The van der Waals surface area contributed by atoms with Crippen LogP contribution in [0.2, 0.25) is 0 Å². The van der Waals surface area contributed by atoms with Crippen molar-refractivity contribution >= 4 is 44.1 Å². The molecule has 10 heteroatoms. The quantitative estimate of drug-likeness (QED) is 0.555. The highest BCUT2D eigenvalue weighted by molar-refractivity contribution is 7.22. The predicted molar refractivity (Wildman–Crippen MR) is 112 cm³/mol. The molecule has 4 aromatic rings. The first-order chi connectivity index (χ1) is 14.2. The van der Waals surface area contributed by atoms with Crippen molar-refractivity contribution in [3.8, 4) is 0 Å². The number of anilines is 2. The Balaban J connectivity index is 1.46. The van der Waals surface area contributed by atoms with Gasteiger partial charge in [0.05, 0.1) is 0 Å². The molecule has 5 rings (SSSR count). The van der Waals surface area contributed by atoms with Crippen LogP contribution in [0.15, 0.2) is 41.5 Å². The Morgan fingerprint density at radius 3 is 2.72 bits per heavy atom. The number of nitrogens with one attached hydrogen (secondary N) is 1. The van der Waals surface area contributed by atoms with Crippen LogP contribution in [-0.4, -0.2) is 43.1 Å². The largest absolute Gasteiger partial charge is 0.352 e. The molecule has 4 heterocycles. The molecule has 0 bridgehead atoms. The Kier molecular flexibility index (Phi) is 4.47. The fraction of sp³-hybridized carbons (Fsp3) is 0.316. The number of piperidine rings is 1. The lowest BCUT2D eigenvalue weighted by atomic mass is 10.1. The molecule has 9 nitrogen and oxygen atoms in total. The first kappa shape index (κ1) is 17.8. The molecule has 1 aliphatic heterocycles. The molecule has 0 unspecified atom stereocenters. The van der Waals surface area contributed by atoms with E-state index in [0.29, 0.717) is 17.0 Å². The Hall–Kier alpha value is -3.27. The van der Waals surface area contributed by atoms with E-state index in [0.717, 1.165) is 40.4 Å². The predicted octanol–water partition coefficient (Wildman–Crippen LogP) is 2.13. The van der Waals surface area contributed by atoms with Crippen LogP contribution in [-0.2, 0) is 11.3 Å². The minimum atomic E-state index is -0.398. The molecule has 1 N–H and O–H groups in total. The normalized spacial score (nSPS) is 14.6. The molecule has 3 aromatic heterocycles. The number of amides is 1. The standard InChI is InChI=1S/C19H19N7O2S/c27-14(21-13-7-3-1-4-8-13)11-26-19(28)25-12-20-16-15(17(25)23-26)29-18(22-16)24-9-5-2-6-10-24/h1,3-4,7-8,12H,2,5-6,9-11H2,(H,21,27). The molecule has 0 saturated carbocycles. The zero-order chi connectivity index (χ0) is 19.8. The molecular weight excluding hydrogens is 390 g/mol. The highest BCUT2D eigenvalue weighted by Gasteiger charge is 2.20. The number of para-hydroxylation sites is 1. The summed E-state index contributed by atoms with van der Waals surface area (Å²) in [6.07, 6.45) is 4.99. The number of aromatic nitrogens is 5. The van der Waals surface area contributed by atoms with Gasteiger partial charge in [0.2, 0.25) is 5.91 Å². The number of hydrogen-bond donors (Lipinski definition) is 1. The second kappa shape index (κ2) is 7.28. The maximum atomic E-state index is 12.7. The summed E-state index contributed by atoms with van der Waals surface area (Å²) in [5, 5.41) is 8.07. The van der Waals surface area contributed by atoms with Gasteiger partial charge in [-0.25, -0.2) is 18.9 Å². The maximum absolute atomic E-state index is 12.7. The number of rotatable bonds is 4.